The van der Waals surface area contributed by atoms with E-state index in [1.54, 1.807) is 0 Å². The number of nitrogens with zero attached hydrogens (tertiary/aromatic N) is 1. The zero-order valence-corrected chi connectivity index (χ0v) is 20.4. The van der Waals surface area contributed by atoms with Crippen molar-refractivity contribution in [2.75, 3.05) is 13.1 Å². The van der Waals surface area contributed by atoms with E-state index >= 15 is 0 Å². The van der Waals surface area contributed by atoms with E-state index in [4.69, 9.17) is 22.9 Å². The van der Waals surface area contributed by atoms with Gasteiger partial charge in [-0.3, -0.25) is 19.4 Å². The molecule has 0 spiro atoms. The molecule has 4 unspecified atom stereocenters. The van der Waals surface area contributed by atoms with Gasteiger partial charge in [0.25, 0.3) is 0 Å². The van der Waals surface area contributed by atoms with E-state index < -0.39 is 47.9 Å². The lowest BCUT2D eigenvalue weighted by Crippen LogP contribution is -2.57. The Kier molecular flexibility index (Phi) is 15.2. The molecule has 0 fully saturated rings. The van der Waals surface area contributed by atoms with Crippen LogP contribution in [0.15, 0.2) is 4.99 Å². The molecule has 4 atom stereocenters. The van der Waals surface area contributed by atoms with E-state index in [2.05, 4.69) is 20.9 Å². The number of unbranched alkanes of at least 4 members (excludes halogenated alkanes) is 1. The minimum Gasteiger partial charge on any atom is -0.480 e. The summed E-state index contributed by atoms with van der Waals surface area (Å²) in [7, 11) is 0. The van der Waals surface area contributed by atoms with Crippen molar-refractivity contribution in [2.45, 2.75) is 83.5 Å². The predicted octanol–water partition coefficient (Wildman–Crippen LogP) is -1.90. The van der Waals surface area contributed by atoms with Crippen LogP contribution in [0.1, 0.15) is 59.3 Å². The van der Waals surface area contributed by atoms with Crippen LogP contribution in [0.2, 0.25) is 0 Å². The van der Waals surface area contributed by atoms with Crippen molar-refractivity contribution < 1.29 is 24.3 Å². The van der Waals surface area contributed by atoms with Gasteiger partial charge >= 0.3 is 5.97 Å². The molecular formula is C21H42N8O5. The molecule has 0 saturated heterocycles. The van der Waals surface area contributed by atoms with Crippen LogP contribution in [0, 0.1) is 5.92 Å². The molecule has 13 nitrogen and oxygen atoms in total. The maximum atomic E-state index is 13.0. The standard InChI is InChI=1S/C21H42N8O5/c1-12(2)11-16(20(33)34)29-19(32)15(8-6-10-26-21(24)25)28-18(31)14(7-4-5-9-22)27-17(30)13(3)23/h12-16H,4-11,22-23H2,1-3H3,(H,27,30)(H,28,31)(H,29,32)(H,33,34)(H4,24,25,26). The van der Waals surface area contributed by atoms with Crippen LogP contribution < -0.4 is 38.9 Å². The second-order valence-electron chi connectivity index (χ2n) is 8.67. The van der Waals surface area contributed by atoms with Crippen molar-refractivity contribution in [1.29, 1.82) is 0 Å². The molecule has 3 amide bonds. The quantitative estimate of drug-likeness (QED) is 0.0649. The summed E-state index contributed by atoms with van der Waals surface area (Å²) in [5.74, 6) is -2.99. The van der Waals surface area contributed by atoms with Gasteiger partial charge in [0.2, 0.25) is 17.7 Å². The fourth-order valence-electron chi connectivity index (χ4n) is 3.07. The van der Waals surface area contributed by atoms with Gasteiger partial charge in [-0.25, -0.2) is 4.79 Å². The van der Waals surface area contributed by atoms with E-state index in [0.717, 1.165) is 0 Å². The van der Waals surface area contributed by atoms with Crippen molar-refractivity contribution >= 4 is 29.7 Å². The van der Waals surface area contributed by atoms with Crippen molar-refractivity contribution in [3.8, 4) is 0 Å². The van der Waals surface area contributed by atoms with Crippen molar-refractivity contribution in [3.05, 3.63) is 0 Å². The number of amides is 3. The molecule has 0 aliphatic rings. The van der Waals surface area contributed by atoms with Gasteiger partial charge in [-0.2, -0.15) is 0 Å². The molecular weight excluding hydrogens is 444 g/mol. The van der Waals surface area contributed by atoms with Gasteiger partial charge in [0.05, 0.1) is 6.04 Å². The number of hydrogen-bond donors (Lipinski definition) is 8. The number of carboxylic acids is 1. The number of nitrogens with one attached hydrogen (secondary N) is 3. The molecule has 12 N–H and O–H groups in total. The van der Waals surface area contributed by atoms with Crippen LogP contribution in [0.4, 0.5) is 0 Å². The Labute approximate surface area is 200 Å². The molecule has 0 aromatic heterocycles. The third-order valence-electron chi connectivity index (χ3n) is 4.89. The fourth-order valence-corrected chi connectivity index (χ4v) is 3.07. The SMILES string of the molecule is CC(C)CC(NC(=O)C(CCCN=C(N)N)NC(=O)C(CCCCN)NC(=O)C(C)N)C(=O)O. The lowest BCUT2D eigenvalue weighted by Gasteiger charge is -2.25. The van der Waals surface area contributed by atoms with Gasteiger partial charge in [-0.15, -0.1) is 0 Å². The Bertz CT molecular complexity index is 695. The largest absolute Gasteiger partial charge is 0.480 e. The summed E-state index contributed by atoms with van der Waals surface area (Å²) < 4.78 is 0. The summed E-state index contributed by atoms with van der Waals surface area (Å²) in [5.41, 5.74) is 21.8. The van der Waals surface area contributed by atoms with E-state index in [1.807, 2.05) is 13.8 Å². The van der Waals surface area contributed by atoms with Crippen molar-refractivity contribution in [3.63, 3.8) is 0 Å². The lowest BCUT2D eigenvalue weighted by atomic mass is 10.0. The monoisotopic (exact) mass is 486 g/mol. The summed E-state index contributed by atoms with van der Waals surface area (Å²) in [5, 5.41) is 17.2. The van der Waals surface area contributed by atoms with Crippen LogP contribution in [-0.4, -0.2) is 72.0 Å². The maximum Gasteiger partial charge on any atom is 0.326 e. The van der Waals surface area contributed by atoms with Crippen molar-refractivity contribution in [1.82, 2.24) is 16.0 Å². The molecule has 0 aromatic rings. The van der Waals surface area contributed by atoms with Gasteiger partial charge in [-0.05, 0) is 57.9 Å². The molecule has 0 aliphatic heterocycles. The summed E-state index contributed by atoms with van der Waals surface area (Å²) in [4.78, 5) is 53.4. The van der Waals surface area contributed by atoms with Gasteiger partial charge in [0.1, 0.15) is 18.1 Å². The van der Waals surface area contributed by atoms with E-state index in [-0.39, 0.29) is 31.3 Å². The smallest absolute Gasteiger partial charge is 0.326 e. The van der Waals surface area contributed by atoms with Gasteiger partial charge in [0, 0.05) is 6.54 Å². The van der Waals surface area contributed by atoms with Gasteiger partial charge in [0.15, 0.2) is 5.96 Å². The lowest BCUT2D eigenvalue weighted by molar-refractivity contribution is -0.142. The predicted molar refractivity (Wildman–Crippen MR) is 129 cm³/mol. The van der Waals surface area contributed by atoms with Crippen LogP contribution in [0.3, 0.4) is 0 Å². The number of guanidine groups is 1. The zero-order valence-electron chi connectivity index (χ0n) is 20.4. The number of nitrogens with two attached hydrogens (primary N) is 4. The van der Waals surface area contributed by atoms with Crippen LogP contribution in [0.5, 0.6) is 0 Å². The Hall–Kier alpha value is -2.93. The van der Waals surface area contributed by atoms with E-state index in [9.17, 15) is 24.3 Å². The number of carbonyl (C=O) groups is 4. The Morgan fingerprint density at radius 2 is 1.32 bits per heavy atom. The zero-order chi connectivity index (χ0) is 26.3. The normalized spacial score (nSPS) is 14.4. The summed E-state index contributed by atoms with van der Waals surface area (Å²) in [6, 6.07) is -3.91. The third kappa shape index (κ3) is 13.6. The Morgan fingerprint density at radius 3 is 1.76 bits per heavy atom. The molecule has 0 aliphatic carbocycles. The second-order valence-corrected chi connectivity index (χ2v) is 8.67. The highest BCUT2D eigenvalue weighted by atomic mass is 16.4. The van der Waals surface area contributed by atoms with E-state index in [1.165, 1.54) is 6.92 Å². The number of carbonyl (C=O) groups excluding carboxylic acids is 3. The highest BCUT2D eigenvalue weighted by Crippen LogP contribution is 2.08. The summed E-state index contributed by atoms with van der Waals surface area (Å²) in [6.07, 6.45) is 2.25. The molecule has 0 rings (SSSR count). The molecule has 13 heteroatoms. The first-order chi connectivity index (χ1) is 15.9. The van der Waals surface area contributed by atoms with Gasteiger partial charge in [-0.1, -0.05) is 13.8 Å². The Balaban J connectivity index is 5.53. The molecule has 34 heavy (non-hydrogen) atoms. The highest BCUT2D eigenvalue weighted by Gasteiger charge is 2.29. The van der Waals surface area contributed by atoms with E-state index in [0.29, 0.717) is 32.2 Å². The summed E-state index contributed by atoms with van der Waals surface area (Å²) >= 11 is 0. The molecule has 196 valence electrons. The second kappa shape index (κ2) is 16.6. The number of hydrogen-bond acceptors (Lipinski definition) is 7. The highest BCUT2D eigenvalue weighted by molar-refractivity contribution is 5.94. The van der Waals surface area contributed by atoms with Crippen LogP contribution >= 0.6 is 0 Å². The summed E-state index contributed by atoms with van der Waals surface area (Å²) in [6.45, 7) is 5.81. The number of rotatable bonds is 17. The average Bonchev–Trinajstić information content (AvgIpc) is 2.73. The first-order valence-electron chi connectivity index (χ1n) is 11.5. The fraction of sp³-hybridized carbons (Fsp3) is 0.762. The molecule has 0 radical (unpaired) electrons. The topological polar surface area (TPSA) is 241 Å². The third-order valence-corrected chi connectivity index (χ3v) is 4.89. The van der Waals surface area contributed by atoms with Gasteiger partial charge < -0.3 is 44.0 Å². The maximum absolute atomic E-state index is 13.0. The first-order valence-corrected chi connectivity index (χ1v) is 11.5. The number of aliphatic imine (C=N–C) groups is 1. The van der Waals surface area contributed by atoms with Crippen molar-refractivity contribution in [2.24, 2.45) is 33.8 Å². The number of carboxylic acid groups (broad SMARTS) is 1. The molecule has 0 aromatic carbocycles. The minimum absolute atomic E-state index is 0.0247. The molecule has 0 heterocycles. The molecule has 0 saturated carbocycles. The van der Waals surface area contributed by atoms with Crippen LogP contribution in [0.25, 0.3) is 0 Å². The first kappa shape index (κ1) is 31.1. The molecule has 0 bridgehead atoms. The van der Waals surface area contributed by atoms with Crippen LogP contribution in [-0.2, 0) is 19.2 Å². The Morgan fingerprint density at radius 1 is 0.824 bits per heavy atom. The minimum atomic E-state index is -1.17. The average molecular weight is 487 g/mol. The number of aliphatic carboxylic acids is 1.